The van der Waals surface area contributed by atoms with Crippen molar-refractivity contribution in [3.05, 3.63) is 59.0 Å². The zero-order valence-electron chi connectivity index (χ0n) is 18.7. The minimum Gasteiger partial charge on any atom is -0.494 e. The molecule has 0 bridgehead atoms. The van der Waals surface area contributed by atoms with E-state index in [1.54, 1.807) is 13.8 Å². The molecular weight excluding hydrogens is 439 g/mol. The van der Waals surface area contributed by atoms with Crippen molar-refractivity contribution >= 4 is 22.8 Å². The summed E-state index contributed by atoms with van der Waals surface area (Å²) in [6.45, 7) is 2.32. The lowest BCUT2D eigenvalue weighted by atomic mass is 10.1. The Morgan fingerprint density at radius 2 is 1.79 bits per heavy atom. The van der Waals surface area contributed by atoms with Crippen LogP contribution in [0.15, 0.2) is 36.4 Å². The van der Waals surface area contributed by atoms with Crippen LogP contribution in [0, 0.1) is 12.7 Å². The van der Waals surface area contributed by atoms with Gasteiger partial charge in [0.1, 0.15) is 5.75 Å². The van der Waals surface area contributed by atoms with Crippen molar-refractivity contribution in [2.24, 2.45) is 0 Å². The fourth-order valence-corrected chi connectivity index (χ4v) is 3.52. The van der Waals surface area contributed by atoms with Gasteiger partial charge in [-0.15, -0.1) is 0 Å². The quantitative estimate of drug-likeness (QED) is 0.426. The smallest absolute Gasteiger partial charge is 0.387 e. The second kappa shape index (κ2) is 9.97. The van der Waals surface area contributed by atoms with Crippen molar-refractivity contribution in [3.63, 3.8) is 0 Å². The molecule has 2 aromatic carbocycles. The number of hydrogen-bond donors (Lipinski definition) is 0. The number of fused-ring (bicyclic) bond motifs is 1. The van der Waals surface area contributed by atoms with Crippen molar-refractivity contribution in [1.29, 1.82) is 0 Å². The average Bonchev–Trinajstić information content (AvgIpc) is 3.02. The molecule has 6 nitrogen and oxygen atoms in total. The van der Waals surface area contributed by atoms with Gasteiger partial charge in [0.05, 0.1) is 25.2 Å². The summed E-state index contributed by atoms with van der Waals surface area (Å²) in [5, 5.41) is 0.470. The number of aromatic nitrogens is 1. The molecular formula is C24H24F3NO5. The molecule has 176 valence electrons. The van der Waals surface area contributed by atoms with E-state index in [0.29, 0.717) is 23.1 Å². The van der Waals surface area contributed by atoms with Gasteiger partial charge in [0.25, 0.3) is 5.91 Å². The summed E-state index contributed by atoms with van der Waals surface area (Å²) in [6, 6.07) is 7.76. The highest BCUT2D eigenvalue weighted by Gasteiger charge is 2.24. The van der Waals surface area contributed by atoms with Crippen LogP contribution in [0.5, 0.6) is 11.5 Å². The van der Waals surface area contributed by atoms with Gasteiger partial charge in [0.15, 0.2) is 11.6 Å². The zero-order valence-corrected chi connectivity index (χ0v) is 18.7. The number of methoxy groups -OCH3 is 1. The molecule has 3 aromatic rings. The fourth-order valence-electron chi connectivity index (χ4n) is 3.52. The molecule has 1 aromatic heterocycles. The average molecular weight is 463 g/mol. The van der Waals surface area contributed by atoms with Gasteiger partial charge in [-0.3, -0.25) is 14.2 Å². The van der Waals surface area contributed by atoms with Gasteiger partial charge in [-0.05, 0) is 56.2 Å². The Morgan fingerprint density at radius 1 is 1.12 bits per heavy atom. The number of ether oxygens (including phenoxy) is 3. The van der Waals surface area contributed by atoms with Crippen molar-refractivity contribution < 1.29 is 37.0 Å². The highest BCUT2D eigenvalue weighted by Crippen LogP contribution is 2.33. The number of carbonyl (C=O) groups is 2. The summed E-state index contributed by atoms with van der Waals surface area (Å²) >= 11 is 0. The van der Waals surface area contributed by atoms with Gasteiger partial charge in [0.2, 0.25) is 0 Å². The number of halogens is 3. The number of nitrogens with zero attached hydrogens (tertiary/aromatic N) is 1. The summed E-state index contributed by atoms with van der Waals surface area (Å²) in [4.78, 5) is 25.8. The molecule has 1 atom stereocenters. The minimum absolute atomic E-state index is 0.0304. The molecule has 0 aliphatic heterocycles. The van der Waals surface area contributed by atoms with Gasteiger partial charge in [-0.1, -0.05) is 6.92 Å². The second-order valence-electron chi connectivity index (χ2n) is 7.50. The van der Waals surface area contributed by atoms with Crippen molar-refractivity contribution in [2.75, 3.05) is 7.11 Å². The Hall–Kier alpha value is -3.49. The minimum atomic E-state index is -2.99. The van der Waals surface area contributed by atoms with Crippen molar-refractivity contribution in [1.82, 2.24) is 4.57 Å². The largest absolute Gasteiger partial charge is 0.494 e. The van der Waals surface area contributed by atoms with Gasteiger partial charge in [0, 0.05) is 22.7 Å². The number of carbonyl (C=O) groups excluding carboxylic acids is 2. The molecule has 33 heavy (non-hydrogen) atoms. The molecule has 0 fully saturated rings. The number of rotatable bonds is 8. The van der Waals surface area contributed by atoms with E-state index in [0.717, 1.165) is 6.07 Å². The molecule has 0 N–H and O–H groups in total. The Kier molecular flexibility index (Phi) is 7.30. The number of hydrogen-bond acceptors (Lipinski definition) is 5. The van der Waals surface area contributed by atoms with E-state index in [-0.39, 0.29) is 35.1 Å². The number of benzene rings is 2. The van der Waals surface area contributed by atoms with Crippen LogP contribution in [0.4, 0.5) is 13.2 Å². The molecule has 0 saturated heterocycles. The molecule has 1 unspecified atom stereocenters. The van der Waals surface area contributed by atoms with Crippen LogP contribution >= 0.6 is 0 Å². The Morgan fingerprint density at radius 3 is 2.36 bits per heavy atom. The number of esters is 1. The lowest BCUT2D eigenvalue weighted by molar-refractivity contribution is -0.147. The lowest BCUT2D eigenvalue weighted by Crippen LogP contribution is -2.17. The monoisotopic (exact) mass is 463 g/mol. The van der Waals surface area contributed by atoms with E-state index in [9.17, 15) is 22.8 Å². The van der Waals surface area contributed by atoms with E-state index < -0.39 is 24.3 Å². The molecule has 0 radical (unpaired) electrons. The van der Waals surface area contributed by atoms with E-state index in [4.69, 9.17) is 9.47 Å². The van der Waals surface area contributed by atoms with Crippen LogP contribution in [-0.2, 0) is 16.0 Å². The molecule has 0 amide bonds. The first-order chi connectivity index (χ1) is 15.7. The Bertz CT molecular complexity index is 1170. The van der Waals surface area contributed by atoms with E-state index in [1.165, 1.54) is 42.0 Å². The van der Waals surface area contributed by atoms with Crippen LogP contribution < -0.4 is 9.47 Å². The predicted molar refractivity (Wildman–Crippen MR) is 116 cm³/mol. The van der Waals surface area contributed by atoms with Crippen LogP contribution in [0.25, 0.3) is 10.9 Å². The standard InChI is InChI=1S/C24H24F3NO5/c1-5-13(2)32-22(29)11-17-14(3)28(20-12-19(25)21(31-4)10-18(17)20)23(30)15-6-8-16(9-7-15)33-24(26)27/h6-10,12-13,24H,5,11H2,1-4H3. The first-order valence-electron chi connectivity index (χ1n) is 10.3. The molecule has 0 aliphatic rings. The van der Waals surface area contributed by atoms with E-state index >= 15 is 0 Å². The molecule has 3 rings (SSSR count). The van der Waals surface area contributed by atoms with Crippen LogP contribution in [0.2, 0.25) is 0 Å². The molecule has 9 heteroatoms. The maximum absolute atomic E-state index is 14.5. The topological polar surface area (TPSA) is 66.8 Å². The maximum atomic E-state index is 14.5. The molecule has 0 aliphatic carbocycles. The second-order valence-corrected chi connectivity index (χ2v) is 7.50. The van der Waals surface area contributed by atoms with Crippen LogP contribution in [0.3, 0.4) is 0 Å². The SMILES string of the molecule is CCC(C)OC(=O)Cc1c(C)n(C(=O)c2ccc(OC(F)F)cc2)c2cc(F)c(OC)cc12. The summed E-state index contributed by atoms with van der Waals surface area (Å²) in [6.07, 6.45) is 0.256. The third-order valence-electron chi connectivity index (χ3n) is 5.37. The summed E-state index contributed by atoms with van der Waals surface area (Å²) in [5.74, 6) is -1.80. The van der Waals surface area contributed by atoms with Gasteiger partial charge >= 0.3 is 12.6 Å². The first kappa shape index (κ1) is 24.2. The van der Waals surface area contributed by atoms with Crippen LogP contribution in [-0.4, -0.2) is 36.3 Å². The van der Waals surface area contributed by atoms with Gasteiger partial charge in [-0.2, -0.15) is 8.78 Å². The lowest BCUT2D eigenvalue weighted by Gasteiger charge is -2.11. The highest BCUT2D eigenvalue weighted by atomic mass is 19.3. The first-order valence-corrected chi connectivity index (χ1v) is 10.3. The van der Waals surface area contributed by atoms with E-state index in [2.05, 4.69) is 4.74 Å². The van der Waals surface area contributed by atoms with Gasteiger partial charge in [-0.25, -0.2) is 4.39 Å². The van der Waals surface area contributed by atoms with E-state index in [1.807, 2.05) is 6.92 Å². The highest BCUT2D eigenvalue weighted by molar-refractivity contribution is 6.05. The maximum Gasteiger partial charge on any atom is 0.387 e. The number of alkyl halides is 2. The predicted octanol–water partition coefficient (Wildman–Crippen LogP) is 5.27. The summed E-state index contributed by atoms with van der Waals surface area (Å²) in [5.41, 5.74) is 1.34. The Labute approximate surface area is 188 Å². The molecule has 0 saturated carbocycles. The zero-order chi connectivity index (χ0) is 24.3. The third-order valence-corrected chi connectivity index (χ3v) is 5.37. The fraction of sp³-hybridized carbons (Fsp3) is 0.333. The normalized spacial score (nSPS) is 12.1. The van der Waals surface area contributed by atoms with Gasteiger partial charge < -0.3 is 14.2 Å². The Balaban J connectivity index is 2.09. The van der Waals surface area contributed by atoms with Crippen molar-refractivity contribution in [2.45, 2.75) is 46.3 Å². The van der Waals surface area contributed by atoms with Crippen molar-refractivity contribution in [3.8, 4) is 11.5 Å². The third kappa shape index (κ3) is 5.13. The van der Waals surface area contributed by atoms with Crippen LogP contribution in [0.1, 0.15) is 41.9 Å². The summed E-state index contributed by atoms with van der Waals surface area (Å²) < 4.78 is 55.4. The summed E-state index contributed by atoms with van der Waals surface area (Å²) in [7, 11) is 1.32. The molecule has 1 heterocycles. The molecule has 0 spiro atoms.